The molecular weight excluding hydrogens is 234 g/mol. The molecule has 0 saturated carbocycles. The van der Waals surface area contributed by atoms with E-state index in [1.54, 1.807) is 0 Å². The van der Waals surface area contributed by atoms with Gasteiger partial charge in [-0.15, -0.1) is 0 Å². The van der Waals surface area contributed by atoms with Gasteiger partial charge in [0, 0.05) is 5.54 Å². The van der Waals surface area contributed by atoms with Crippen molar-refractivity contribution in [2.45, 2.75) is 57.4 Å². The third-order valence-electron chi connectivity index (χ3n) is 4.71. The van der Waals surface area contributed by atoms with Crippen LogP contribution in [0.2, 0.25) is 0 Å². The van der Waals surface area contributed by atoms with Crippen molar-refractivity contribution in [1.29, 1.82) is 0 Å². The highest BCUT2D eigenvalue weighted by Crippen LogP contribution is 2.32. The molecule has 100 valence electrons. The van der Waals surface area contributed by atoms with Crippen molar-refractivity contribution in [1.82, 2.24) is 5.32 Å². The molecule has 0 aliphatic carbocycles. The summed E-state index contributed by atoms with van der Waals surface area (Å²) in [4.78, 5) is 0. The van der Waals surface area contributed by atoms with Gasteiger partial charge in [0.1, 0.15) is 9.84 Å². The molecule has 2 heterocycles. The molecule has 2 saturated heterocycles. The zero-order valence-electron chi connectivity index (χ0n) is 10.9. The molecule has 4 heteroatoms. The van der Waals surface area contributed by atoms with Gasteiger partial charge in [0.05, 0.1) is 11.5 Å². The molecule has 2 rings (SSSR count). The fourth-order valence-corrected chi connectivity index (χ4v) is 4.86. The molecule has 0 spiro atoms. The van der Waals surface area contributed by atoms with E-state index in [4.69, 9.17) is 0 Å². The van der Waals surface area contributed by atoms with E-state index in [0.717, 1.165) is 19.4 Å². The number of rotatable bonds is 4. The Morgan fingerprint density at radius 1 is 1.29 bits per heavy atom. The van der Waals surface area contributed by atoms with Crippen molar-refractivity contribution in [3.8, 4) is 0 Å². The summed E-state index contributed by atoms with van der Waals surface area (Å²) in [5.74, 6) is 1.48. The van der Waals surface area contributed by atoms with E-state index in [2.05, 4.69) is 12.2 Å². The lowest BCUT2D eigenvalue weighted by Gasteiger charge is -2.31. The van der Waals surface area contributed by atoms with E-state index in [-0.39, 0.29) is 0 Å². The molecule has 2 aliphatic rings. The van der Waals surface area contributed by atoms with Crippen LogP contribution in [0.15, 0.2) is 0 Å². The molecular formula is C13H25NO2S. The Kier molecular flexibility index (Phi) is 4.14. The second kappa shape index (κ2) is 5.27. The molecule has 0 amide bonds. The minimum Gasteiger partial charge on any atom is -0.311 e. The van der Waals surface area contributed by atoms with Crippen molar-refractivity contribution >= 4 is 9.84 Å². The monoisotopic (exact) mass is 259 g/mol. The lowest BCUT2D eigenvalue weighted by molar-refractivity contribution is 0.290. The molecule has 0 radical (unpaired) electrons. The van der Waals surface area contributed by atoms with Crippen LogP contribution in [0.3, 0.4) is 0 Å². The number of hydrogen-bond acceptors (Lipinski definition) is 3. The molecule has 17 heavy (non-hydrogen) atoms. The van der Waals surface area contributed by atoms with E-state index < -0.39 is 9.84 Å². The largest absolute Gasteiger partial charge is 0.311 e. The van der Waals surface area contributed by atoms with E-state index in [1.807, 2.05) is 0 Å². The Morgan fingerprint density at radius 3 is 2.53 bits per heavy atom. The van der Waals surface area contributed by atoms with Crippen LogP contribution in [0.25, 0.3) is 0 Å². The number of sulfone groups is 1. The van der Waals surface area contributed by atoms with Crippen molar-refractivity contribution in [2.75, 3.05) is 18.1 Å². The predicted octanol–water partition coefficient (Wildman–Crippen LogP) is 2.12. The van der Waals surface area contributed by atoms with Crippen LogP contribution in [0.4, 0.5) is 0 Å². The predicted molar refractivity (Wildman–Crippen MR) is 70.9 cm³/mol. The van der Waals surface area contributed by atoms with Crippen LogP contribution in [0.1, 0.15) is 51.9 Å². The van der Waals surface area contributed by atoms with Gasteiger partial charge in [-0.1, -0.05) is 6.92 Å². The summed E-state index contributed by atoms with van der Waals surface area (Å²) in [6.45, 7) is 3.43. The summed E-state index contributed by atoms with van der Waals surface area (Å²) in [5, 5.41) is 3.66. The molecule has 0 aromatic carbocycles. The lowest BCUT2D eigenvalue weighted by atomic mass is 9.84. The normalized spacial score (nSPS) is 33.9. The molecule has 0 aromatic rings. The zero-order valence-corrected chi connectivity index (χ0v) is 11.7. The fourth-order valence-electron chi connectivity index (χ4n) is 3.27. The van der Waals surface area contributed by atoms with Gasteiger partial charge >= 0.3 is 0 Å². The third-order valence-corrected chi connectivity index (χ3v) is 6.43. The highest BCUT2D eigenvalue weighted by atomic mass is 32.2. The highest BCUT2D eigenvalue weighted by Gasteiger charge is 2.32. The topological polar surface area (TPSA) is 46.2 Å². The molecule has 1 unspecified atom stereocenters. The Bertz CT molecular complexity index is 330. The third kappa shape index (κ3) is 3.44. The smallest absolute Gasteiger partial charge is 0.150 e. The summed E-state index contributed by atoms with van der Waals surface area (Å²) >= 11 is 0. The first kappa shape index (κ1) is 13.3. The summed E-state index contributed by atoms with van der Waals surface area (Å²) in [5.41, 5.74) is 0.371. The van der Waals surface area contributed by atoms with Crippen LogP contribution in [-0.4, -0.2) is 32.0 Å². The first-order chi connectivity index (χ1) is 8.05. The Balaban J connectivity index is 1.79. The van der Waals surface area contributed by atoms with Gasteiger partial charge in [0.25, 0.3) is 0 Å². The Hall–Kier alpha value is -0.0900. The lowest BCUT2D eigenvalue weighted by Crippen LogP contribution is -2.39. The first-order valence-electron chi connectivity index (χ1n) is 7.01. The SMILES string of the molecule is CCC1(CCC2CCS(=O)(=O)CC2)CCCN1. The summed E-state index contributed by atoms with van der Waals surface area (Å²) in [6, 6.07) is 0. The molecule has 0 aromatic heterocycles. The molecule has 2 aliphatic heterocycles. The average Bonchev–Trinajstić information content (AvgIpc) is 2.77. The van der Waals surface area contributed by atoms with Crippen LogP contribution >= 0.6 is 0 Å². The zero-order chi connectivity index (χ0) is 12.4. The number of nitrogens with one attached hydrogen (secondary N) is 1. The quantitative estimate of drug-likeness (QED) is 0.841. The maximum atomic E-state index is 11.4. The van der Waals surface area contributed by atoms with Crippen LogP contribution in [0.5, 0.6) is 0 Å². The first-order valence-corrected chi connectivity index (χ1v) is 8.83. The van der Waals surface area contributed by atoms with Gasteiger partial charge in [-0.05, 0) is 57.4 Å². The molecule has 3 nitrogen and oxygen atoms in total. The molecule has 1 atom stereocenters. The van der Waals surface area contributed by atoms with Crippen molar-refractivity contribution in [2.24, 2.45) is 5.92 Å². The highest BCUT2D eigenvalue weighted by molar-refractivity contribution is 7.91. The Morgan fingerprint density at radius 2 is 2.00 bits per heavy atom. The molecule has 0 bridgehead atoms. The summed E-state index contributed by atoms with van der Waals surface area (Å²) in [6.07, 6.45) is 8.02. The molecule has 1 N–H and O–H groups in total. The van der Waals surface area contributed by atoms with Gasteiger partial charge in [0.15, 0.2) is 0 Å². The summed E-state index contributed by atoms with van der Waals surface area (Å²) < 4.78 is 22.7. The van der Waals surface area contributed by atoms with E-state index in [9.17, 15) is 8.42 Å². The fraction of sp³-hybridized carbons (Fsp3) is 1.00. The second-order valence-electron chi connectivity index (χ2n) is 5.80. The summed E-state index contributed by atoms with van der Waals surface area (Å²) in [7, 11) is -2.69. The second-order valence-corrected chi connectivity index (χ2v) is 8.10. The van der Waals surface area contributed by atoms with E-state index in [0.29, 0.717) is 23.0 Å². The molecule has 2 fully saturated rings. The Labute approximate surface area is 105 Å². The van der Waals surface area contributed by atoms with E-state index >= 15 is 0 Å². The van der Waals surface area contributed by atoms with Crippen LogP contribution in [0, 0.1) is 5.92 Å². The van der Waals surface area contributed by atoms with Gasteiger partial charge in [-0.25, -0.2) is 8.42 Å². The van der Waals surface area contributed by atoms with Gasteiger partial charge < -0.3 is 5.32 Å². The van der Waals surface area contributed by atoms with Crippen LogP contribution < -0.4 is 5.32 Å². The minimum atomic E-state index is -2.69. The van der Waals surface area contributed by atoms with Crippen molar-refractivity contribution in [3.05, 3.63) is 0 Å². The minimum absolute atomic E-state index is 0.371. The van der Waals surface area contributed by atoms with Crippen molar-refractivity contribution < 1.29 is 8.42 Å². The number of hydrogen-bond donors (Lipinski definition) is 1. The maximum absolute atomic E-state index is 11.4. The van der Waals surface area contributed by atoms with Crippen molar-refractivity contribution in [3.63, 3.8) is 0 Å². The maximum Gasteiger partial charge on any atom is 0.150 e. The van der Waals surface area contributed by atoms with Crippen LogP contribution in [-0.2, 0) is 9.84 Å². The average molecular weight is 259 g/mol. The van der Waals surface area contributed by atoms with Gasteiger partial charge in [-0.3, -0.25) is 0 Å². The van der Waals surface area contributed by atoms with Gasteiger partial charge in [0.2, 0.25) is 0 Å². The standard InChI is InChI=1S/C13H25NO2S/c1-2-13(7-3-9-14-13)8-4-12-5-10-17(15,16)11-6-12/h12,14H,2-11H2,1H3. The van der Waals surface area contributed by atoms with Gasteiger partial charge in [-0.2, -0.15) is 0 Å². The van der Waals surface area contributed by atoms with E-state index in [1.165, 1.54) is 32.1 Å².